The highest BCUT2D eigenvalue weighted by molar-refractivity contribution is 9.10. The molecule has 20 heavy (non-hydrogen) atoms. The number of halogens is 1. The zero-order valence-corrected chi connectivity index (χ0v) is 13.8. The number of likely N-dealkylation sites (tertiary alicyclic amines) is 1. The van der Waals surface area contributed by atoms with Gasteiger partial charge in [0, 0.05) is 30.3 Å². The summed E-state index contributed by atoms with van der Waals surface area (Å²) >= 11 is 3.44. The van der Waals surface area contributed by atoms with Crippen LogP contribution in [-0.4, -0.2) is 41.6 Å². The van der Waals surface area contributed by atoms with Crippen LogP contribution in [0.5, 0.6) is 0 Å². The molecule has 0 spiro atoms. The topological polar surface area (TPSA) is 37.3 Å². The van der Waals surface area contributed by atoms with Gasteiger partial charge in [-0.05, 0) is 54.3 Å². The van der Waals surface area contributed by atoms with Crippen LogP contribution < -0.4 is 5.32 Å². The normalized spacial score (nSPS) is 16.3. The fourth-order valence-corrected chi connectivity index (χ4v) is 3.16. The van der Waals surface area contributed by atoms with E-state index < -0.39 is 0 Å². The predicted molar refractivity (Wildman–Crippen MR) is 85.0 cm³/mol. The SMILES string of the molecule is CCCn1cc(Br)cc1C(=O)NCCN1CCCCC1. The molecule has 1 saturated heterocycles. The van der Waals surface area contributed by atoms with Gasteiger partial charge in [-0.15, -0.1) is 0 Å². The van der Waals surface area contributed by atoms with Gasteiger partial charge in [-0.2, -0.15) is 0 Å². The summed E-state index contributed by atoms with van der Waals surface area (Å²) in [5.74, 6) is 0.0289. The maximum Gasteiger partial charge on any atom is 0.267 e. The number of nitrogens with zero attached hydrogens (tertiary/aromatic N) is 2. The predicted octanol–water partition coefficient (Wildman–Crippen LogP) is 2.88. The van der Waals surface area contributed by atoms with E-state index in [0.29, 0.717) is 0 Å². The molecule has 1 aliphatic heterocycles. The van der Waals surface area contributed by atoms with Crippen LogP contribution in [-0.2, 0) is 6.54 Å². The van der Waals surface area contributed by atoms with Crippen molar-refractivity contribution in [3.05, 3.63) is 22.4 Å². The molecular formula is C15H24BrN3O. The van der Waals surface area contributed by atoms with Gasteiger partial charge >= 0.3 is 0 Å². The van der Waals surface area contributed by atoms with Crippen LogP contribution >= 0.6 is 15.9 Å². The highest BCUT2D eigenvalue weighted by atomic mass is 79.9. The Morgan fingerprint density at radius 1 is 1.30 bits per heavy atom. The van der Waals surface area contributed by atoms with Crippen molar-refractivity contribution in [1.29, 1.82) is 0 Å². The van der Waals surface area contributed by atoms with Gasteiger partial charge in [0.15, 0.2) is 0 Å². The van der Waals surface area contributed by atoms with Crippen molar-refractivity contribution in [3.8, 4) is 0 Å². The third kappa shape index (κ3) is 4.35. The van der Waals surface area contributed by atoms with E-state index in [-0.39, 0.29) is 5.91 Å². The van der Waals surface area contributed by atoms with Crippen molar-refractivity contribution in [2.24, 2.45) is 0 Å². The molecule has 1 amide bonds. The summed E-state index contributed by atoms with van der Waals surface area (Å²) in [7, 11) is 0. The molecule has 0 saturated carbocycles. The number of carbonyl (C=O) groups excluding carboxylic acids is 1. The fourth-order valence-electron chi connectivity index (χ4n) is 2.69. The summed E-state index contributed by atoms with van der Waals surface area (Å²) < 4.78 is 2.98. The number of aromatic nitrogens is 1. The van der Waals surface area contributed by atoms with Gasteiger partial charge in [-0.25, -0.2) is 0 Å². The van der Waals surface area contributed by atoms with Gasteiger partial charge in [0.25, 0.3) is 5.91 Å². The standard InChI is InChI=1S/C15H24BrN3O/c1-2-7-19-12-13(16)11-14(19)15(20)17-6-10-18-8-4-3-5-9-18/h11-12H,2-10H2,1H3,(H,17,20). The lowest BCUT2D eigenvalue weighted by molar-refractivity contribution is 0.0937. The van der Waals surface area contributed by atoms with Gasteiger partial charge < -0.3 is 14.8 Å². The zero-order valence-electron chi connectivity index (χ0n) is 12.2. The summed E-state index contributed by atoms with van der Waals surface area (Å²) in [6.07, 6.45) is 6.93. The maximum atomic E-state index is 12.2. The zero-order chi connectivity index (χ0) is 14.4. The third-order valence-corrected chi connectivity index (χ3v) is 4.16. The smallest absolute Gasteiger partial charge is 0.267 e. The number of hydrogen-bond acceptors (Lipinski definition) is 2. The van der Waals surface area contributed by atoms with E-state index in [0.717, 1.165) is 36.2 Å². The number of nitrogens with one attached hydrogen (secondary N) is 1. The van der Waals surface area contributed by atoms with Crippen LogP contribution in [0, 0.1) is 0 Å². The molecular weight excluding hydrogens is 318 g/mol. The molecule has 1 N–H and O–H groups in total. The lowest BCUT2D eigenvalue weighted by Crippen LogP contribution is -2.38. The molecule has 1 aromatic heterocycles. The average molecular weight is 342 g/mol. The number of piperidine rings is 1. The van der Waals surface area contributed by atoms with E-state index in [1.165, 1.54) is 32.4 Å². The van der Waals surface area contributed by atoms with Crippen molar-refractivity contribution in [1.82, 2.24) is 14.8 Å². The molecule has 2 rings (SSSR count). The number of amides is 1. The summed E-state index contributed by atoms with van der Waals surface area (Å²) in [4.78, 5) is 14.7. The van der Waals surface area contributed by atoms with E-state index in [9.17, 15) is 4.79 Å². The summed E-state index contributed by atoms with van der Waals surface area (Å²) in [5.41, 5.74) is 0.748. The number of hydrogen-bond donors (Lipinski definition) is 1. The Hall–Kier alpha value is -0.810. The number of aryl methyl sites for hydroxylation is 1. The molecule has 2 heterocycles. The van der Waals surface area contributed by atoms with Gasteiger partial charge in [0.2, 0.25) is 0 Å². The Labute approximate surface area is 129 Å². The summed E-state index contributed by atoms with van der Waals surface area (Å²) in [6, 6.07) is 1.89. The molecule has 4 nitrogen and oxygen atoms in total. The quantitative estimate of drug-likeness (QED) is 0.863. The first-order chi connectivity index (χ1) is 9.70. The van der Waals surface area contributed by atoms with E-state index >= 15 is 0 Å². The fraction of sp³-hybridized carbons (Fsp3) is 0.667. The number of carbonyl (C=O) groups is 1. The van der Waals surface area contributed by atoms with Crippen molar-refractivity contribution < 1.29 is 4.79 Å². The van der Waals surface area contributed by atoms with Crippen LogP contribution in [0.2, 0.25) is 0 Å². The van der Waals surface area contributed by atoms with Crippen LogP contribution in [0.25, 0.3) is 0 Å². The summed E-state index contributed by atoms with van der Waals surface area (Å²) in [6.45, 7) is 7.03. The second-order valence-electron chi connectivity index (χ2n) is 5.40. The van der Waals surface area contributed by atoms with Crippen molar-refractivity contribution >= 4 is 21.8 Å². The molecule has 1 aromatic rings. The second-order valence-corrected chi connectivity index (χ2v) is 6.31. The van der Waals surface area contributed by atoms with E-state index in [4.69, 9.17) is 0 Å². The average Bonchev–Trinajstić information content (AvgIpc) is 2.81. The lowest BCUT2D eigenvalue weighted by atomic mass is 10.1. The minimum atomic E-state index is 0.0289. The van der Waals surface area contributed by atoms with E-state index in [1.807, 2.05) is 16.8 Å². The molecule has 0 unspecified atom stereocenters. The first-order valence-electron chi connectivity index (χ1n) is 7.57. The molecule has 0 aromatic carbocycles. The minimum Gasteiger partial charge on any atom is -0.349 e. The van der Waals surface area contributed by atoms with Crippen molar-refractivity contribution in [3.63, 3.8) is 0 Å². The Balaban J connectivity index is 1.81. The largest absolute Gasteiger partial charge is 0.349 e. The van der Waals surface area contributed by atoms with Gasteiger partial charge in [0.05, 0.1) is 0 Å². The minimum absolute atomic E-state index is 0.0289. The van der Waals surface area contributed by atoms with Crippen LogP contribution in [0.4, 0.5) is 0 Å². The van der Waals surface area contributed by atoms with Gasteiger partial charge in [-0.1, -0.05) is 13.3 Å². The highest BCUT2D eigenvalue weighted by Crippen LogP contribution is 2.15. The van der Waals surface area contributed by atoms with Crippen molar-refractivity contribution in [2.75, 3.05) is 26.2 Å². The van der Waals surface area contributed by atoms with Crippen LogP contribution in [0.1, 0.15) is 43.1 Å². The molecule has 0 radical (unpaired) electrons. The highest BCUT2D eigenvalue weighted by Gasteiger charge is 2.14. The monoisotopic (exact) mass is 341 g/mol. The lowest BCUT2D eigenvalue weighted by Gasteiger charge is -2.26. The first-order valence-corrected chi connectivity index (χ1v) is 8.36. The van der Waals surface area contributed by atoms with Crippen molar-refractivity contribution in [2.45, 2.75) is 39.2 Å². The molecule has 1 fully saturated rings. The van der Waals surface area contributed by atoms with Crippen LogP contribution in [0.15, 0.2) is 16.7 Å². The Kier molecular flexibility index (Phi) is 6.10. The van der Waals surface area contributed by atoms with Crippen LogP contribution in [0.3, 0.4) is 0 Å². The first kappa shape index (κ1) is 15.6. The molecule has 5 heteroatoms. The van der Waals surface area contributed by atoms with Gasteiger partial charge in [0.1, 0.15) is 5.69 Å². The Morgan fingerprint density at radius 3 is 2.75 bits per heavy atom. The van der Waals surface area contributed by atoms with E-state index in [2.05, 4.69) is 33.1 Å². The Bertz CT molecular complexity index is 438. The molecule has 0 bridgehead atoms. The molecule has 0 atom stereocenters. The van der Waals surface area contributed by atoms with Gasteiger partial charge in [-0.3, -0.25) is 4.79 Å². The van der Waals surface area contributed by atoms with E-state index in [1.54, 1.807) is 0 Å². The second kappa shape index (κ2) is 7.84. The maximum absolute atomic E-state index is 12.2. The third-order valence-electron chi connectivity index (χ3n) is 3.72. The Morgan fingerprint density at radius 2 is 2.05 bits per heavy atom. The molecule has 112 valence electrons. The molecule has 0 aliphatic carbocycles. The summed E-state index contributed by atoms with van der Waals surface area (Å²) in [5, 5.41) is 3.04. The number of rotatable bonds is 6. The molecule has 1 aliphatic rings.